The third-order valence-corrected chi connectivity index (χ3v) is 1.04. The minimum atomic E-state index is -0.407. The van der Waals surface area contributed by atoms with Crippen molar-refractivity contribution in [3.8, 4) is 0 Å². The van der Waals surface area contributed by atoms with Crippen LogP contribution in [0.5, 0.6) is 0 Å². The van der Waals surface area contributed by atoms with Crippen LogP contribution in [0.25, 0.3) is 0 Å². The van der Waals surface area contributed by atoms with Crippen LogP contribution in [0.2, 0.25) is 0 Å². The van der Waals surface area contributed by atoms with E-state index >= 15 is 0 Å². The molecule has 1 aliphatic rings. The summed E-state index contributed by atoms with van der Waals surface area (Å²) in [4.78, 5) is 0. The van der Waals surface area contributed by atoms with Crippen molar-refractivity contribution in [1.82, 2.24) is 0 Å². The molecule has 0 fully saturated rings. The molecule has 0 aromatic carbocycles. The molecule has 1 aliphatic carbocycles. The highest BCUT2D eigenvalue weighted by molar-refractivity contribution is 5.02. The molecule has 2 atom stereocenters. The molecule has 2 heteroatoms. The standard InChI is InChI=1S/C5H8O2/c6-4-1-2-5(7)3-4/h1-2,4-7H,3H2/t4-,5-/m0/s1. The molecule has 0 aromatic heterocycles. The van der Waals surface area contributed by atoms with Crippen molar-refractivity contribution in [2.24, 2.45) is 0 Å². The lowest BCUT2D eigenvalue weighted by atomic mass is 10.3. The fourth-order valence-corrected chi connectivity index (χ4v) is 0.661. The van der Waals surface area contributed by atoms with E-state index < -0.39 is 12.2 Å². The first-order chi connectivity index (χ1) is 3.29. The third-order valence-electron chi connectivity index (χ3n) is 1.04. The van der Waals surface area contributed by atoms with Crippen LogP contribution in [0.3, 0.4) is 0 Å². The van der Waals surface area contributed by atoms with Gasteiger partial charge in [-0.3, -0.25) is 0 Å². The largest absolute Gasteiger partial charge is 0.389 e. The molecule has 0 amide bonds. The van der Waals surface area contributed by atoms with Crippen molar-refractivity contribution >= 4 is 0 Å². The van der Waals surface area contributed by atoms with Gasteiger partial charge in [0, 0.05) is 6.42 Å². The summed E-state index contributed by atoms with van der Waals surface area (Å²) in [6.45, 7) is 0. The van der Waals surface area contributed by atoms with E-state index in [1.54, 1.807) is 12.2 Å². The van der Waals surface area contributed by atoms with Crippen molar-refractivity contribution in [2.75, 3.05) is 0 Å². The Balaban J connectivity index is 2.42. The first-order valence-electron chi connectivity index (χ1n) is 2.33. The molecular formula is C5H8O2. The molecular weight excluding hydrogens is 92.1 g/mol. The van der Waals surface area contributed by atoms with E-state index in [1.165, 1.54) is 0 Å². The molecule has 0 aromatic rings. The lowest BCUT2D eigenvalue weighted by Crippen LogP contribution is -2.04. The number of hydrogen-bond acceptors (Lipinski definition) is 2. The summed E-state index contributed by atoms with van der Waals surface area (Å²) in [5.74, 6) is 0. The highest BCUT2D eigenvalue weighted by Gasteiger charge is 2.11. The van der Waals surface area contributed by atoms with Crippen molar-refractivity contribution < 1.29 is 10.2 Å². The fourth-order valence-electron chi connectivity index (χ4n) is 0.661. The van der Waals surface area contributed by atoms with Crippen molar-refractivity contribution in [3.05, 3.63) is 12.2 Å². The van der Waals surface area contributed by atoms with Gasteiger partial charge in [0.15, 0.2) is 0 Å². The van der Waals surface area contributed by atoms with Crippen LogP contribution in [-0.4, -0.2) is 22.4 Å². The van der Waals surface area contributed by atoms with E-state index in [4.69, 9.17) is 10.2 Å². The summed E-state index contributed by atoms with van der Waals surface area (Å²) in [5.41, 5.74) is 0. The molecule has 0 saturated carbocycles. The Morgan fingerprint density at radius 2 is 1.57 bits per heavy atom. The number of aliphatic hydroxyl groups is 2. The minimum Gasteiger partial charge on any atom is -0.389 e. The van der Waals surface area contributed by atoms with Gasteiger partial charge in [0.05, 0.1) is 12.2 Å². The molecule has 2 nitrogen and oxygen atoms in total. The fraction of sp³-hybridized carbons (Fsp3) is 0.600. The van der Waals surface area contributed by atoms with Gasteiger partial charge in [-0.15, -0.1) is 0 Å². The third kappa shape index (κ3) is 1.01. The molecule has 0 bridgehead atoms. The van der Waals surface area contributed by atoms with E-state index in [0.29, 0.717) is 6.42 Å². The molecule has 0 saturated heterocycles. The molecule has 2 N–H and O–H groups in total. The molecule has 40 valence electrons. The molecule has 0 heterocycles. The van der Waals surface area contributed by atoms with Crippen LogP contribution in [0.15, 0.2) is 12.2 Å². The Hall–Kier alpha value is -0.340. The van der Waals surface area contributed by atoms with Crippen molar-refractivity contribution in [1.29, 1.82) is 0 Å². The van der Waals surface area contributed by atoms with Gasteiger partial charge in [0.2, 0.25) is 0 Å². The Labute approximate surface area is 42.1 Å². The summed E-state index contributed by atoms with van der Waals surface area (Å²) in [6.07, 6.45) is 2.86. The maximum atomic E-state index is 8.65. The second-order valence-corrected chi connectivity index (χ2v) is 1.76. The normalized spacial score (nSPS) is 39.7. The summed E-state index contributed by atoms with van der Waals surface area (Å²) in [7, 11) is 0. The topological polar surface area (TPSA) is 40.5 Å². The monoisotopic (exact) mass is 100 g/mol. The van der Waals surface area contributed by atoms with E-state index in [2.05, 4.69) is 0 Å². The zero-order valence-electron chi connectivity index (χ0n) is 3.91. The number of rotatable bonds is 0. The highest BCUT2D eigenvalue weighted by Crippen LogP contribution is 2.08. The van der Waals surface area contributed by atoms with Gasteiger partial charge in [-0.2, -0.15) is 0 Å². The predicted octanol–water partition coefficient (Wildman–Crippen LogP) is -0.332. The Morgan fingerprint density at radius 3 is 1.71 bits per heavy atom. The van der Waals surface area contributed by atoms with Gasteiger partial charge < -0.3 is 10.2 Å². The summed E-state index contributed by atoms with van der Waals surface area (Å²) in [6, 6.07) is 0. The molecule has 1 rings (SSSR count). The van der Waals surface area contributed by atoms with Crippen LogP contribution in [0, 0.1) is 0 Å². The first-order valence-corrected chi connectivity index (χ1v) is 2.33. The van der Waals surface area contributed by atoms with Crippen LogP contribution in [0.4, 0.5) is 0 Å². The van der Waals surface area contributed by atoms with Gasteiger partial charge in [-0.25, -0.2) is 0 Å². The number of aliphatic hydroxyl groups excluding tert-OH is 2. The van der Waals surface area contributed by atoms with E-state index in [1.807, 2.05) is 0 Å². The van der Waals surface area contributed by atoms with Crippen LogP contribution in [-0.2, 0) is 0 Å². The Kier molecular flexibility index (Phi) is 1.13. The van der Waals surface area contributed by atoms with E-state index in [9.17, 15) is 0 Å². The lowest BCUT2D eigenvalue weighted by Gasteiger charge is -1.96. The number of hydrogen-bond donors (Lipinski definition) is 2. The lowest BCUT2D eigenvalue weighted by molar-refractivity contribution is 0.151. The van der Waals surface area contributed by atoms with Crippen LogP contribution >= 0.6 is 0 Å². The van der Waals surface area contributed by atoms with E-state index in [-0.39, 0.29) is 0 Å². The molecule has 0 aliphatic heterocycles. The van der Waals surface area contributed by atoms with Crippen molar-refractivity contribution in [3.63, 3.8) is 0 Å². The first kappa shape index (κ1) is 4.81. The van der Waals surface area contributed by atoms with Gasteiger partial charge >= 0.3 is 0 Å². The summed E-state index contributed by atoms with van der Waals surface area (Å²) < 4.78 is 0. The molecule has 0 radical (unpaired) electrons. The van der Waals surface area contributed by atoms with Crippen LogP contribution < -0.4 is 0 Å². The van der Waals surface area contributed by atoms with Gasteiger partial charge in [0.1, 0.15) is 0 Å². The van der Waals surface area contributed by atoms with Crippen molar-refractivity contribution in [2.45, 2.75) is 18.6 Å². The van der Waals surface area contributed by atoms with Gasteiger partial charge in [0.25, 0.3) is 0 Å². The highest BCUT2D eigenvalue weighted by atomic mass is 16.3. The molecule has 0 spiro atoms. The quantitative estimate of drug-likeness (QED) is 0.409. The zero-order chi connectivity index (χ0) is 5.28. The van der Waals surface area contributed by atoms with Crippen LogP contribution in [0.1, 0.15) is 6.42 Å². The maximum absolute atomic E-state index is 8.65. The average molecular weight is 100 g/mol. The maximum Gasteiger partial charge on any atom is 0.0749 e. The minimum absolute atomic E-state index is 0.407. The van der Waals surface area contributed by atoms with Gasteiger partial charge in [-0.1, -0.05) is 12.2 Å². The van der Waals surface area contributed by atoms with E-state index in [0.717, 1.165) is 0 Å². The Morgan fingerprint density at radius 1 is 1.14 bits per heavy atom. The van der Waals surface area contributed by atoms with Gasteiger partial charge in [-0.05, 0) is 0 Å². The Bertz CT molecular complexity index is 78.1. The summed E-state index contributed by atoms with van der Waals surface area (Å²) >= 11 is 0. The second kappa shape index (κ2) is 1.64. The molecule has 0 unspecified atom stereocenters. The SMILES string of the molecule is O[C@H]1C=C[C@H](O)C1. The second-order valence-electron chi connectivity index (χ2n) is 1.76. The summed E-state index contributed by atoms with van der Waals surface area (Å²) in [5, 5.41) is 17.3. The predicted molar refractivity (Wildman–Crippen MR) is 25.8 cm³/mol. The molecule has 7 heavy (non-hydrogen) atoms. The average Bonchev–Trinajstić information content (AvgIpc) is 1.87. The smallest absolute Gasteiger partial charge is 0.0749 e. The zero-order valence-corrected chi connectivity index (χ0v) is 3.91.